The van der Waals surface area contributed by atoms with E-state index in [9.17, 15) is 13.2 Å². The van der Waals surface area contributed by atoms with Gasteiger partial charge >= 0.3 is 6.18 Å². The van der Waals surface area contributed by atoms with E-state index in [0.29, 0.717) is 31.8 Å². The maximum Gasteiger partial charge on any atom is 0.419 e. The highest BCUT2D eigenvalue weighted by atomic mass is 19.4. The van der Waals surface area contributed by atoms with E-state index < -0.39 is 11.7 Å². The molecule has 32 heavy (non-hydrogen) atoms. The molecule has 0 bridgehead atoms. The number of likely N-dealkylation sites (tertiary alicyclic amines) is 1. The van der Waals surface area contributed by atoms with Crippen LogP contribution >= 0.6 is 0 Å². The van der Waals surface area contributed by atoms with Gasteiger partial charge in [-0.15, -0.1) is 0 Å². The first-order chi connectivity index (χ1) is 15.3. The van der Waals surface area contributed by atoms with Crippen LogP contribution < -0.4 is 10.5 Å². The normalized spacial score (nSPS) is 14.3. The Morgan fingerprint density at radius 1 is 1.19 bits per heavy atom. The molecular formula is C22H22F3N5O2. The maximum atomic E-state index is 13.7. The number of nitrogens with one attached hydrogen (secondary N) is 1. The van der Waals surface area contributed by atoms with Crippen molar-refractivity contribution in [2.75, 3.05) is 19.7 Å². The maximum absolute atomic E-state index is 13.7. The first-order valence-corrected chi connectivity index (χ1v) is 10.1. The van der Waals surface area contributed by atoms with Crippen molar-refractivity contribution >= 4 is 5.96 Å². The summed E-state index contributed by atoms with van der Waals surface area (Å²) in [5, 5.41) is 11.2. The number of guanidine groups is 1. The van der Waals surface area contributed by atoms with E-state index in [1.165, 1.54) is 12.1 Å². The molecular weight excluding hydrogens is 423 g/mol. The average Bonchev–Trinajstić information content (AvgIpc) is 3.19. The molecule has 168 valence electrons. The van der Waals surface area contributed by atoms with Gasteiger partial charge in [0.15, 0.2) is 5.96 Å². The van der Waals surface area contributed by atoms with Crippen molar-refractivity contribution in [3.05, 3.63) is 65.5 Å². The quantitative estimate of drug-likeness (QED) is 0.323. The van der Waals surface area contributed by atoms with Crippen molar-refractivity contribution in [1.82, 2.24) is 15.0 Å². The van der Waals surface area contributed by atoms with Crippen LogP contribution in [0.3, 0.4) is 0 Å². The standard InChI is InChI=1S/C22H22F3N5O2/c23-22(24,25)17-11-15(19-28-20(32-29-19)16-12-30(13-16)21(26)27)8-9-18(17)31-10-4-7-14-5-2-1-3-6-14/h1-3,5-6,8-9,11,16H,4,7,10,12-13H2,(H3,26,27). The lowest BCUT2D eigenvalue weighted by Gasteiger charge is -2.37. The molecule has 0 atom stereocenters. The molecule has 0 unspecified atom stereocenters. The number of aromatic nitrogens is 2. The molecule has 0 amide bonds. The summed E-state index contributed by atoms with van der Waals surface area (Å²) in [4.78, 5) is 5.86. The fraction of sp³-hybridized carbons (Fsp3) is 0.318. The van der Waals surface area contributed by atoms with E-state index in [2.05, 4.69) is 10.1 Å². The lowest BCUT2D eigenvalue weighted by Crippen LogP contribution is -2.51. The van der Waals surface area contributed by atoms with Crippen LogP contribution in [0, 0.1) is 5.41 Å². The Labute approximate surface area is 182 Å². The summed E-state index contributed by atoms with van der Waals surface area (Å²) in [6.07, 6.45) is -3.28. The number of aryl methyl sites for hydroxylation is 1. The minimum atomic E-state index is -4.59. The van der Waals surface area contributed by atoms with Crippen LogP contribution in [-0.2, 0) is 12.6 Å². The molecule has 0 saturated carbocycles. The monoisotopic (exact) mass is 445 g/mol. The molecule has 1 aliphatic rings. The van der Waals surface area contributed by atoms with Crippen LogP contribution in [0.25, 0.3) is 11.4 Å². The van der Waals surface area contributed by atoms with Crippen molar-refractivity contribution < 1.29 is 22.4 Å². The molecule has 1 saturated heterocycles. The minimum Gasteiger partial charge on any atom is -0.493 e. The van der Waals surface area contributed by atoms with E-state index in [0.717, 1.165) is 11.6 Å². The summed E-state index contributed by atoms with van der Waals surface area (Å²) in [7, 11) is 0. The number of ether oxygens (including phenoxy) is 1. The molecule has 7 nitrogen and oxygen atoms in total. The van der Waals surface area contributed by atoms with Crippen molar-refractivity contribution in [3.8, 4) is 17.1 Å². The molecule has 1 fully saturated rings. The van der Waals surface area contributed by atoms with Gasteiger partial charge in [0.2, 0.25) is 11.7 Å². The number of nitrogens with two attached hydrogens (primary N) is 1. The molecule has 1 aromatic heterocycles. The SMILES string of the molecule is N=C(N)N1CC(c2nc(-c3ccc(OCCCc4ccccc4)c(C(F)(F)F)c3)no2)C1. The Kier molecular flexibility index (Phi) is 6.02. The van der Waals surface area contributed by atoms with Gasteiger partial charge in [-0.25, -0.2) is 0 Å². The van der Waals surface area contributed by atoms with Crippen LogP contribution in [0.5, 0.6) is 5.75 Å². The topological polar surface area (TPSA) is 101 Å². The zero-order valence-corrected chi connectivity index (χ0v) is 17.1. The van der Waals surface area contributed by atoms with Gasteiger partial charge in [0.25, 0.3) is 0 Å². The average molecular weight is 445 g/mol. The Morgan fingerprint density at radius 2 is 1.94 bits per heavy atom. The van der Waals surface area contributed by atoms with Gasteiger partial charge in [-0.3, -0.25) is 5.41 Å². The molecule has 0 aliphatic carbocycles. The smallest absolute Gasteiger partial charge is 0.419 e. The van der Waals surface area contributed by atoms with Crippen molar-refractivity contribution in [2.45, 2.75) is 24.9 Å². The zero-order valence-electron chi connectivity index (χ0n) is 17.1. The molecule has 2 aromatic carbocycles. The Bertz CT molecular complexity index is 1080. The van der Waals surface area contributed by atoms with Gasteiger partial charge in [0.05, 0.1) is 18.1 Å². The van der Waals surface area contributed by atoms with Gasteiger partial charge in [-0.2, -0.15) is 18.2 Å². The first kappa shape index (κ1) is 21.7. The number of halogens is 3. The van der Waals surface area contributed by atoms with Crippen molar-refractivity contribution in [3.63, 3.8) is 0 Å². The van der Waals surface area contributed by atoms with Crippen LogP contribution in [0.1, 0.15) is 29.4 Å². The van der Waals surface area contributed by atoms with Crippen LogP contribution in [0.15, 0.2) is 53.1 Å². The number of hydrogen-bond acceptors (Lipinski definition) is 5. The predicted octanol–water partition coefficient (Wildman–Crippen LogP) is 4.06. The second-order valence-electron chi connectivity index (χ2n) is 7.59. The summed E-state index contributed by atoms with van der Waals surface area (Å²) >= 11 is 0. The van der Waals surface area contributed by atoms with Crippen molar-refractivity contribution in [1.29, 1.82) is 5.41 Å². The highest BCUT2D eigenvalue weighted by Crippen LogP contribution is 2.39. The second kappa shape index (κ2) is 8.89. The van der Waals surface area contributed by atoms with Gasteiger partial charge < -0.3 is 19.9 Å². The predicted molar refractivity (Wildman–Crippen MR) is 111 cm³/mol. The third-order valence-electron chi connectivity index (χ3n) is 5.27. The highest BCUT2D eigenvalue weighted by molar-refractivity contribution is 5.75. The highest BCUT2D eigenvalue weighted by Gasteiger charge is 2.36. The van der Waals surface area contributed by atoms with Gasteiger partial charge in [0.1, 0.15) is 5.75 Å². The van der Waals surface area contributed by atoms with E-state index in [4.69, 9.17) is 20.4 Å². The molecule has 0 spiro atoms. The van der Waals surface area contributed by atoms with E-state index >= 15 is 0 Å². The lowest BCUT2D eigenvalue weighted by atomic mass is 10.0. The summed E-state index contributed by atoms with van der Waals surface area (Å²) < 4.78 is 51.6. The third-order valence-corrected chi connectivity index (χ3v) is 5.27. The fourth-order valence-corrected chi connectivity index (χ4v) is 3.47. The Morgan fingerprint density at radius 3 is 2.62 bits per heavy atom. The molecule has 1 aliphatic heterocycles. The Hall–Kier alpha value is -3.56. The molecule has 3 N–H and O–H groups in total. The summed E-state index contributed by atoms with van der Waals surface area (Å²) in [6.45, 7) is 1.08. The summed E-state index contributed by atoms with van der Waals surface area (Å²) in [5.74, 6) is 0.00782. The second-order valence-corrected chi connectivity index (χ2v) is 7.59. The number of alkyl halides is 3. The number of rotatable bonds is 7. The Balaban J connectivity index is 1.44. The van der Waals surface area contributed by atoms with Crippen LogP contribution in [0.4, 0.5) is 13.2 Å². The van der Waals surface area contributed by atoms with E-state index in [1.807, 2.05) is 30.3 Å². The molecule has 3 aromatic rings. The molecule has 0 radical (unpaired) electrons. The van der Waals surface area contributed by atoms with E-state index in [-0.39, 0.29) is 35.6 Å². The van der Waals surface area contributed by atoms with Crippen LogP contribution in [-0.4, -0.2) is 40.7 Å². The summed E-state index contributed by atoms with van der Waals surface area (Å²) in [5.41, 5.74) is 5.81. The van der Waals surface area contributed by atoms with Gasteiger partial charge in [-0.05, 0) is 36.6 Å². The molecule has 10 heteroatoms. The van der Waals surface area contributed by atoms with Crippen molar-refractivity contribution in [2.24, 2.45) is 5.73 Å². The van der Waals surface area contributed by atoms with Gasteiger partial charge in [-0.1, -0.05) is 35.5 Å². The fourth-order valence-electron chi connectivity index (χ4n) is 3.47. The zero-order chi connectivity index (χ0) is 22.7. The van der Waals surface area contributed by atoms with Gasteiger partial charge in [0, 0.05) is 18.7 Å². The minimum absolute atomic E-state index is 0.0461. The summed E-state index contributed by atoms with van der Waals surface area (Å²) in [6, 6.07) is 13.4. The van der Waals surface area contributed by atoms with E-state index in [1.54, 1.807) is 4.90 Å². The molecule has 4 rings (SSSR count). The number of benzene rings is 2. The number of nitrogens with zero attached hydrogens (tertiary/aromatic N) is 3. The van der Waals surface area contributed by atoms with Crippen LogP contribution in [0.2, 0.25) is 0 Å². The lowest BCUT2D eigenvalue weighted by molar-refractivity contribution is -0.138. The first-order valence-electron chi connectivity index (χ1n) is 10.1. The number of hydrogen-bond donors (Lipinski definition) is 2. The molecule has 2 heterocycles. The largest absolute Gasteiger partial charge is 0.493 e. The third kappa shape index (κ3) is 4.84.